The number of nitrogens with one attached hydrogen (secondary N) is 2. The van der Waals surface area contributed by atoms with E-state index < -0.39 is 0 Å². The van der Waals surface area contributed by atoms with Crippen LogP contribution in [-0.2, 0) is 4.74 Å². The number of nitrogens with zero attached hydrogens (tertiary/aromatic N) is 1. The van der Waals surface area contributed by atoms with Gasteiger partial charge in [-0.05, 0) is 12.1 Å². The zero-order valence-electron chi connectivity index (χ0n) is 9.03. The highest BCUT2D eigenvalue weighted by atomic mass is 35.5. The smallest absolute Gasteiger partial charge is 0.210 e. The molecule has 0 aromatic heterocycles. The van der Waals surface area contributed by atoms with Gasteiger partial charge in [-0.2, -0.15) is 0 Å². The van der Waals surface area contributed by atoms with Crippen LogP contribution in [0.15, 0.2) is 29.3 Å². The summed E-state index contributed by atoms with van der Waals surface area (Å²) in [6.07, 6.45) is 0. The van der Waals surface area contributed by atoms with Gasteiger partial charge in [-0.15, -0.1) is 0 Å². The lowest BCUT2D eigenvalue weighted by Crippen LogP contribution is -2.36. The Morgan fingerprint density at radius 1 is 1.50 bits per heavy atom. The second-order valence-corrected chi connectivity index (χ2v) is 3.38. The number of hydrogen-bond acceptors (Lipinski definition) is 3. The van der Waals surface area contributed by atoms with Gasteiger partial charge in [0.15, 0.2) is 0 Å². The molecule has 0 bridgehead atoms. The molecule has 0 aliphatic heterocycles. The fraction of sp³-hybridized carbons (Fsp3) is 0.300. The molecule has 0 aliphatic carbocycles. The van der Waals surface area contributed by atoms with Crippen molar-refractivity contribution >= 4 is 23.2 Å². The fourth-order valence-electron chi connectivity index (χ4n) is 1.06. The number of para-hydroxylation sites is 1. The first-order valence-corrected chi connectivity index (χ1v) is 5.17. The lowest BCUT2D eigenvalue weighted by Gasteiger charge is -2.10. The minimum atomic E-state index is 0.449. The normalized spacial score (nSPS) is 11.3. The Bertz CT molecular complexity index is 356. The van der Waals surface area contributed by atoms with Crippen molar-refractivity contribution in [2.24, 2.45) is 10.8 Å². The first kappa shape index (κ1) is 12.8. The fourth-order valence-corrected chi connectivity index (χ4v) is 1.24. The molecule has 88 valence electrons. The summed E-state index contributed by atoms with van der Waals surface area (Å²) in [6, 6.07) is 7.35. The summed E-state index contributed by atoms with van der Waals surface area (Å²) in [5, 5.41) is 3.59. The van der Waals surface area contributed by atoms with Gasteiger partial charge in [-0.1, -0.05) is 23.7 Å². The molecular formula is C10H15ClN4O. The number of nitrogens with two attached hydrogens (primary N) is 1. The molecule has 1 rings (SSSR count). The highest BCUT2D eigenvalue weighted by Crippen LogP contribution is 2.19. The van der Waals surface area contributed by atoms with E-state index >= 15 is 0 Å². The van der Waals surface area contributed by atoms with E-state index in [1.807, 2.05) is 18.2 Å². The van der Waals surface area contributed by atoms with Crippen LogP contribution in [0.1, 0.15) is 0 Å². The van der Waals surface area contributed by atoms with E-state index in [-0.39, 0.29) is 0 Å². The minimum Gasteiger partial charge on any atom is -0.383 e. The van der Waals surface area contributed by atoms with Gasteiger partial charge in [0.1, 0.15) is 0 Å². The Hall–Kier alpha value is -1.30. The summed E-state index contributed by atoms with van der Waals surface area (Å²) in [7, 11) is 1.62. The first-order valence-electron chi connectivity index (χ1n) is 4.79. The number of benzene rings is 1. The summed E-state index contributed by atoms with van der Waals surface area (Å²) in [5.41, 5.74) is 3.21. The monoisotopic (exact) mass is 242 g/mol. The molecule has 0 spiro atoms. The van der Waals surface area contributed by atoms with Gasteiger partial charge in [0.2, 0.25) is 5.96 Å². The van der Waals surface area contributed by atoms with Crippen LogP contribution < -0.4 is 16.6 Å². The van der Waals surface area contributed by atoms with Crippen LogP contribution in [0.4, 0.5) is 5.69 Å². The average Bonchev–Trinajstić information content (AvgIpc) is 2.30. The Morgan fingerprint density at radius 3 is 2.88 bits per heavy atom. The van der Waals surface area contributed by atoms with E-state index in [9.17, 15) is 0 Å². The number of hydrazine groups is 1. The number of methoxy groups -OCH3 is 1. The Morgan fingerprint density at radius 2 is 2.25 bits per heavy atom. The molecule has 4 N–H and O–H groups in total. The molecule has 16 heavy (non-hydrogen) atoms. The van der Waals surface area contributed by atoms with Crippen molar-refractivity contribution in [1.29, 1.82) is 0 Å². The maximum absolute atomic E-state index is 5.98. The largest absolute Gasteiger partial charge is 0.383 e. The topological polar surface area (TPSA) is 71.7 Å². The number of ether oxygens (including phenoxy) is 1. The Labute approximate surface area is 99.6 Å². The average molecular weight is 243 g/mol. The third-order valence-corrected chi connectivity index (χ3v) is 2.16. The molecule has 0 atom stereocenters. The summed E-state index contributed by atoms with van der Waals surface area (Å²) < 4.78 is 4.88. The summed E-state index contributed by atoms with van der Waals surface area (Å²) in [6.45, 7) is 1.06. The molecule has 0 saturated carbocycles. The SMILES string of the molecule is COCCN=C(NN)Nc1ccccc1Cl. The predicted molar refractivity (Wildman–Crippen MR) is 66.6 cm³/mol. The van der Waals surface area contributed by atoms with Crippen LogP contribution in [0.5, 0.6) is 0 Å². The first-order chi connectivity index (χ1) is 7.77. The summed E-state index contributed by atoms with van der Waals surface area (Å²) in [5.74, 6) is 5.77. The van der Waals surface area contributed by atoms with E-state index in [0.29, 0.717) is 24.1 Å². The number of anilines is 1. The van der Waals surface area contributed by atoms with Crippen molar-refractivity contribution in [1.82, 2.24) is 5.43 Å². The molecule has 5 nitrogen and oxygen atoms in total. The predicted octanol–water partition coefficient (Wildman–Crippen LogP) is 1.22. The van der Waals surface area contributed by atoms with Crippen LogP contribution in [0.2, 0.25) is 5.02 Å². The van der Waals surface area contributed by atoms with Crippen LogP contribution in [-0.4, -0.2) is 26.2 Å². The van der Waals surface area contributed by atoms with Gasteiger partial charge >= 0.3 is 0 Å². The number of halogens is 1. The lowest BCUT2D eigenvalue weighted by molar-refractivity contribution is 0.208. The van der Waals surface area contributed by atoms with Gasteiger partial charge in [0.25, 0.3) is 0 Å². The maximum atomic E-state index is 5.98. The highest BCUT2D eigenvalue weighted by molar-refractivity contribution is 6.33. The van der Waals surface area contributed by atoms with E-state index in [2.05, 4.69) is 15.7 Å². The number of rotatable bonds is 4. The maximum Gasteiger partial charge on any atom is 0.210 e. The summed E-state index contributed by atoms with van der Waals surface area (Å²) >= 11 is 5.98. The molecule has 0 amide bonds. The van der Waals surface area contributed by atoms with E-state index in [1.165, 1.54) is 0 Å². The van der Waals surface area contributed by atoms with Crippen molar-refractivity contribution in [2.75, 3.05) is 25.6 Å². The van der Waals surface area contributed by atoms with Crippen molar-refractivity contribution in [3.05, 3.63) is 29.3 Å². The molecule has 0 fully saturated rings. The molecule has 1 aromatic rings. The van der Waals surface area contributed by atoms with E-state index in [1.54, 1.807) is 13.2 Å². The quantitative estimate of drug-likeness (QED) is 0.244. The standard InChI is InChI=1S/C10H15ClN4O/c1-16-7-6-13-10(15-12)14-9-5-3-2-4-8(9)11/h2-5H,6-7,12H2,1H3,(H2,13,14,15). The van der Waals surface area contributed by atoms with E-state index in [0.717, 1.165) is 5.69 Å². The number of aliphatic imine (C=N–C) groups is 1. The molecule has 0 radical (unpaired) electrons. The molecule has 6 heteroatoms. The number of hydrogen-bond donors (Lipinski definition) is 3. The summed E-state index contributed by atoms with van der Waals surface area (Å²) in [4.78, 5) is 4.15. The number of guanidine groups is 1. The van der Waals surface area contributed by atoms with Crippen LogP contribution >= 0.6 is 11.6 Å². The molecule has 0 aliphatic rings. The van der Waals surface area contributed by atoms with Gasteiger partial charge < -0.3 is 10.1 Å². The van der Waals surface area contributed by atoms with Crippen LogP contribution in [0, 0.1) is 0 Å². The van der Waals surface area contributed by atoms with Crippen molar-refractivity contribution in [2.45, 2.75) is 0 Å². The third-order valence-electron chi connectivity index (χ3n) is 1.83. The van der Waals surface area contributed by atoms with Crippen LogP contribution in [0.25, 0.3) is 0 Å². The third kappa shape index (κ3) is 4.06. The van der Waals surface area contributed by atoms with Crippen molar-refractivity contribution in [3.63, 3.8) is 0 Å². The van der Waals surface area contributed by atoms with Gasteiger partial charge in [0.05, 0.1) is 23.9 Å². The zero-order valence-corrected chi connectivity index (χ0v) is 9.79. The van der Waals surface area contributed by atoms with Crippen molar-refractivity contribution in [3.8, 4) is 0 Å². The molecule has 1 aromatic carbocycles. The molecule has 0 saturated heterocycles. The lowest BCUT2D eigenvalue weighted by atomic mass is 10.3. The molecule has 0 heterocycles. The second kappa shape index (κ2) is 7.05. The zero-order chi connectivity index (χ0) is 11.8. The Balaban J connectivity index is 2.63. The van der Waals surface area contributed by atoms with Gasteiger partial charge in [-0.25, -0.2) is 10.8 Å². The van der Waals surface area contributed by atoms with E-state index in [4.69, 9.17) is 22.2 Å². The molecule has 0 unspecified atom stereocenters. The second-order valence-electron chi connectivity index (χ2n) is 2.97. The van der Waals surface area contributed by atoms with Crippen LogP contribution in [0.3, 0.4) is 0 Å². The Kier molecular flexibility index (Phi) is 5.63. The highest BCUT2D eigenvalue weighted by Gasteiger charge is 2.01. The van der Waals surface area contributed by atoms with Gasteiger partial charge in [0, 0.05) is 7.11 Å². The van der Waals surface area contributed by atoms with Gasteiger partial charge in [-0.3, -0.25) is 5.43 Å². The minimum absolute atomic E-state index is 0.449. The molecular weight excluding hydrogens is 228 g/mol. The van der Waals surface area contributed by atoms with Crippen molar-refractivity contribution < 1.29 is 4.74 Å².